The van der Waals surface area contributed by atoms with E-state index in [0.717, 1.165) is 47.7 Å². The molecule has 10 heteroatoms. The first-order valence-electron chi connectivity index (χ1n) is 14.8. The van der Waals surface area contributed by atoms with Crippen LogP contribution in [-0.2, 0) is 9.47 Å². The molecule has 2 N–H and O–H groups in total. The van der Waals surface area contributed by atoms with Crippen LogP contribution in [0.5, 0.6) is 0 Å². The molecule has 0 saturated heterocycles. The van der Waals surface area contributed by atoms with Crippen LogP contribution in [0.25, 0.3) is 33.4 Å². The number of benzene rings is 3. The number of ether oxygens (including phenoxy) is 2. The predicted octanol–water partition coefficient (Wildman–Crippen LogP) is 6.06. The van der Waals surface area contributed by atoms with E-state index in [9.17, 15) is 14.7 Å². The molecule has 0 fully saturated rings. The predicted molar refractivity (Wildman–Crippen MR) is 174 cm³/mol. The SMILES string of the molecule is C/N=c1\ccc2c(-c3ccc(C(=O)NCCOCCOCCCCCCCl)cc3C(=O)O)c3ccc(N(C)C)cc3oc-2c1. The molecule has 0 radical (unpaired) electrons. The monoisotopic (exact) mass is 621 g/mol. The Bertz CT molecular complexity index is 1620. The van der Waals surface area contributed by atoms with Crippen molar-refractivity contribution in [3.63, 3.8) is 0 Å². The summed E-state index contributed by atoms with van der Waals surface area (Å²) in [5.74, 6) is -0.230. The number of fused-ring (bicyclic) bond motifs is 2. The summed E-state index contributed by atoms with van der Waals surface area (Å²) in [7, 11) is 5.59. The van der Waals surface area contributed by atoms with Crippen LogP contribution < -0.4 is 15.6 Å². The number of carbonyl (C=O) groups excluding carboxylic acids is 1. The topological polar surface area (TPSA) is 114 Å². The molecular weight excluding hydrogens is 582 g/mol. The second-order valence-corrected chi connectivity index (χ2v) is 11.0. The Balaban J connectivity index is 1.49. The summed E-state index contributed by atoms with van der Waals surface area (Å²) in [5, 5.41) is 14.6. The van der Waals surface area contributed by atoms with Gasteiger partial charge in [0, 0.05) is 80.1 Å². The fourth-order valence-corrected chi connectivity index (χ4v) is 5.16. The first kappa shape index (κ1) is 33.0. The number of nitrogens with zero attached hydrogens (tertiary/aromatic N) is 2. The largest absolute Gasteiger partial charge is 0.478 e. The van der Waals surface area contributed by atoms with E-state index in [1.807, 2.05) is 55.4 Å². The summed E-state index contributed by atoms with van der Waals surface area (Å²) in [6.07, 6.45) is 4.26. The minimum absolute atomic E-state index is 0.0171. The average Bonchev–Trinajstić information content (AvgIpc) is 3.03. The number of anilines is 1. The van der Waals surface area contributed by atoms with E-state index in [-0.39, 0.29) is 23.6 Å². The maximum absolute atomic E-state index is 12.9. The minimum atomic E-state index is -1.13. The molecular formula is C34H40ClN3O6. The Kier molecular flexibility index (Phi) is 12.2. The number of carboxylic acid groups (broad SMARTS) is 1. The maximum Gasteiger partial charge on any atom is 0.336 e. The Morgan fingerprint density at radius 2 is 1.66 bits per heavy atom. The van der Waals surface area contributed by atoms with Crippen molar-refractivity contribution in [2.24, 2.45) is 4.99 Å². The van der Waals surface area contributed by atoms with E-state index in [1.54, 1.807) is 19.2 Å². The maximum atomic E-state index is 12.9. The van der Waals surface area contributed by atoms with Gasteiger partial charge in [0.1, 0.15) is 11.3 Å². The van der Waals surface area contributed by atoms with Crippen molar-refractivity contribution in [3.8, 4) is 22.5 Å². The lowest BCUT2D eigenvalue weighted by molar-refractivity contribution is 0.0468. The summed E-state index contributed by atoms with van der Waals surface area (Å²) in [6.45, 7) is 2.23. The zero-order valence-electron chi connectivity index (χ0n) is 25.5. The first-order valence-corrected chi connectivity index (χ1v) is 15.4. The van der Waals surface area contributed by atoms with E-state index >= 15 is 0 Å². The number of hydrogen-bond donors (Lipinski definition) is 2. The van der Waals surface area contributed by atoms with E-state index in [1.165, 1.54) is 6.07 Å². The number of halogens is 1. The zero-order valence-corrected chi connectivity index (χ0v) is 26.3. The number of alkyl halides is 1. The molecule has 1 aliphatic carbocycles. The second-order valence-electron chi connectivity index (χ2n) is 10.6. The lowest BCUT2D eigenvalue weighted by Crippen LogP contribution is -2.28. The van der Waals surface area contributed by atoms with Crippen molar-refractivity contribution in [2.45, 2.75) is 25.7 Å². The van der Waals surface area contributed by atoms with E-state index in [2.05, 4.69) is 10.3 Å². The third kappa shape index (κ3) is 8.37. The molecule has 0 unspecified atom stereocenters. The molecule has 2 aromatic carbocycles. The van der Waals surface area contributed by atoms with Gasteiger partial charge in [0.25, 0.3) is 5.91 Å². The molecule has 0 saturated carbocycles. The van der Waals surface area contributed by atoms with Crippen molar-refractivity contribution in [1.82, 2.24) is 5.32 Å². The van der Waals surface area contributed by atoms with E-state index in [4.69, 9.17) is 25.5 Å². The summed E-state index contributed by atoms with van der Waals surface area (Å²) in [6, 6.07) is 16.2. The molecule has 0 aromatic heterocycles. The van der Waals surface area contributed by atoms with Gasteiger partial charge in [-0.3, -0.25) is 9.79 Å². The lowest BCUT2D eigenvalue weighted by atomic mass is 9.89. The van der Waals surface area contributed by atoms with Gasteiger partial charge in [-0.2, -0.15) is 0 Å². The van der Waals surface area contributed by atoms with Gasteiger partial charge in [0.05, 0.1) is 30.7 Å². The zero-order chi connectivity index (χ0) is 31.5. The highest BCUT2D eigenvalue weighted by molar-refractivity contribution is 6.17. The highest BCUT2D eigenvalue weighted by Crippen LogP contribution is 2.42. The van der Waals surface area contributed by atoms with Crippen molar-refractivity contribution in [3.05, 3.63) is 71.1 Å². The van der Waals surface area contributed by atoms with Crippen molar-refractivity contribution in [1.29, 1.82) is 0 Å². The van der Waals surface area contributed by atoms with Crippen molar-refractivity contribution in [2.75, 3.05) is 64.9 Å². The number of aromatic carboxylic acids is 1. The van der Waals surface area contributed by atoms with Gasteiger partial charge in [-0.1, -0.05) is 18.9 Å². The fourth-order valence-electron chi connectivity index (χ4n) is 4.97. The Labute approximate surface area is 262 Å². The summed E-state index contributed by atoms with van der Waals surface area (Å²) in [4.78, 5) is 31.7. The number of amides is 1. The highest BCUT2D eigenvalue weighted by atomic mass is 35.5. The number of nitrogens with one attached hydrogen (secondary N) is 1. The number of carboxylic acids is 1. The van der Waals surface area contributed by atoms with E-state index < -0.39 is 5.97 Å². The molecule has 2 aliphatic rings. The van der Waals surface area contributed by atoms with Gasteiger partial charge < -0.3 is 29.2 Å². The van der Waals surface area contributed by atoms with Gasteiger partial charge in [0.2, 0.25) is 0 Å². The highest BCUT2D eigenvalue weighted by Gasteiger charge is 2.23. The number of rotatable bonds is 16. The van der Waals surface area contributed by atoms with E-state index in [0.29, 0.717) is 54.8 Å². The van der Waals surface area contributed by atoms with Crippen LogP contribution in [0.15, 0.2) is 64.0 Å². The second kappa shape index (κ2) is 16.2. The molecule has 0 spiro atoms. The van der Waals surface area contributed by atoms with Gasteiger partial charge in [-0.25, -0.2) is 4.79 Å². The number of unbranched alkanes of at least 4 members (excludes halogenated alkanes) is 3. The van der Waals surface area contributed by atoms with Gasteiger partial charge in [-0.15, -0.1) is 11.6 Å². The van der Waals surface area contributed by atoms with Crippen LogP contribution in [0, 0.1) is 0 Å². The smallest absolute Gasteiger partial charge is 0.336 e. The van der Waals surface area contributed by atoms with Crippen LogP contribution in [0.4, 0.5) is 5.69 Å². The van der Waals surface area contributed by atoms with Gasteiger partial charge in [-0.05, 0) is 54.8 Å². The number of hydrogen-bond acceptors (Lipinski definition) is 7. The standard InChI is InChI=1S/C34H40ClN3O6/c1-36-24-9-12-27-30(21-24)44-31-22-25(38(2)3)10-13-28(31)32(27)26-11-8-23(20-29(26)34(40)41)33(39)37-15-17-43-19-18-42-16-7-5-4-6-14-35/h8-13,20-22H,4-7,14-19H2,1-3H3,(H,37,39)(H,40,41)/b36-24+. The van der Waals surface area contributed by atoms with Crippen LogP contribution in [-0.4, -0.2) is 77.0 Å². The van der Waals surface area contributed by atoms with Crippen LogP contribution in [0.3, 0.4) is 0 Å². The van der Waals surface area contributed by atoms with Gasteiger partial charge >= 0.3 is 5.97 Å². The third-order valence-corrected chi connectivity index (χ3v) is 7.59. The fraction of sp³-hybridized carbons (Fsp3) is 0.382. The molecule has 9 nitrogen and oxygen atoms in total. The lowest BCUT2D eigenvalue weighted by Gasteiger charge is -2.19. The molecule has 1 aliphatic heterocycles. The molecule has 0 bridgehead atoms. The van der Waals surface area contributed by atoms with Crippen LogP contribution in [0.2, 0.25) is 0 Å². The summed E-state index contributed by atoms with van der Waals surface area (Å²) >= 11 is 5.68. The third-order valence-electron chi connectivity index (χ3n) is 7.32. The molecule has 234 valence electrons. The Morgan fingerprint density at radius 3 is 2.39 bits per heavy atom. The molecule has 4 rings (SSSR count). The molecule has 0 atom stereocenters. The molecule has 2 aromatic rings. The van der Waals surface area contributed by atoms with Crippen molar-refractivity contribution >= 4 is 40.1 Å². The van der Waals surface area contributed by atoms with Crippen molar-refractivity contribution < 1.29 is 28.6 Å². The van der Waals surface area contributed by atoms with Crippen LogP contribution in [0.1, 0.15) is 46.4 Å². The molecule has 1 amide bonds. The Morgan fingerprint density at radius 1 is 0.909 bits per heavy atom. The average molecular weight is 622 g/mol. The number of carbonyl (C=O) groups is 2. The Hall–Kier alpha value is -3.92. The minimum Gasteiger partial charge on any atom is -0.478 e. The quantitative estimate of drug-likeness (QED) is 0.0888. The molecule has 1 heterocycles. The van der Waals surface area contributed by atoms with Crippen LogP contribution >= 0.6 is 11.6 Å². The molecule has 44 heavy (non-hydrogen) atoms. The first-order chi connectivity index (χ1) is 21.3. The summed E-state index contributed by atoms with van der Waals surface area (Å²) in [5.41, 5.74) is 3.76. The van der Waals surface area contributed by atoms with Gasteiger partial charge in [0.15, 0.2) is 0 Å². The summed E-state index contributed by atoms with van der Waals surface area (Å²) < 4.78 is 17.4. The normalized spacial score (nSPS) is 11.8.